The van der Waals surface area contributed by atoms with Crippen LogP contribution in [-0.4, -0.2) is 25.3 Å². The summed E-state index contributed by atoms with van der Waals surface area (Å²) in [6.45, 7) is 6.48. The van der Waals surface area contributed by atoms with Gasteiger partial charge in [-0.05, 0) is 38.6 Å². The molecule has 0 aliphatic heterocycles. The van der Waals surface area contributed by atoms with Gasteiger partial charge in [-0.25, -0.2) is 0 Å². The highest BCUT2D eigenvalue weighted by molar-refractivity contribution is 4.67. The van der Waals surface area contributed by atoms with Crippen molar-refractivity contribution in [1.82, 2.24) is 5.32 Å². The molecule has 2 heteroatoms. The van der Waals surface area contributed by atoms with Crippen molar-refractivity contribution in [3.63, 3.8) is 0 Å². The minimum atomic E-state index is 0.587. The first-order valence-electron chi connectivity index (χ1n) is 6.71. The summed E-state index contributed by atoms with van der Waals surface area (Å²) < 4.78 is 5.85. The molecule has 0 amide bonds. The third-order valence-corrected chi connectivity index (χ3v) is 3.34. The van der Waals surface area contributed by atoms with E-state index in [9.17, 15) is 0 Å². The summed E-state index contributed by atoms with van der Waals surface area (Å²) in [6, 6.07) is 0.696. The van der Waals surface area contributed by atoms with E-state index >= 15 is 0 Å². The molecule has 0 saturated heterocycles. The van der Waals surface area contributed by atoms with Gasteiger partial charge in [0.15, 0.2) is 0 Å². The van der Waals surface area contributed by atoms with Crippen molar-refractivity contribution >= 4 is 0 Å². The fourth-order valence-corrected chi connectivity index (χ4v) is 2.37. The Bertz CT molecular complexity index is 143. The average Bonchev–Trinajstić information content (AvgIpc) is 2.75. The quantitative estimate of drug-likeness (QED) is 0.626. The summed E-state index contributed by atoms with van der Waals surface area (Å²) in [4.78, 5) is 0. The zero-order valence-electron chi connectivity index (χ0n) is 10.4. The first-order chi connectivity index (χ1) is 7.36. The maximum atomic E-state index is 5.85. The average molecular weight is 213 g/mol. The van der Waals surface area contributed by atoms with Crippen LogP contribution in [-0.2, 0) is 4.74 Å². The molecule has 1 atom stereocenters. The lowest BCUT2D eigenvalue weighted by Gasteiger charge is -2.16. The molecule has 0 spiro atoms. The topological polar surface area (TPSA) is 21.3 Å². The highest BCUT2D eigenvalue weighted by Gasteiger charge is 2.14. The molecule has 0 aromatic heterocycles. The fraction of sp³-hybridized carbons (Fsp3) is 1.00. The molecule has 0 radical (unpaired) electrons. The molecule has 15 heavy (non-hydrogen) atoms. The Hall–Kier alpha value is -0.0800. The minimum absolute atomic E-state index is 0.587. The normalized spacial score (nSPS) is 19.6. The second-order valence-electron chi connectivity index (χ2n) is 4.58. The molecule has 0 heterocycles. The highest BCUT2D eigenvalue weighted by Crippen LogP contribution is 2.21. The molecule has 1 aliphatic carbocycles. The van der Waals surface area contributed by atoms with E-state index in [1.54, 1.807) is 0 Å². The molecule has 1 fully saturated rings. The van der Waals surface area contributed by atoms with Gasteiger partial charge in [-0.1, -0.05) is 26.7 Å². The van der Waals surface area contributed by atoms with Gasteiger partial charge in [-0.3, -0.25) is 0 Å². The van der Waals surface area contributed by atoms with Gasteiger partial charge in [0.2, 0.25) is 0 Å². The highest BCUT2D eigenvalue weighted by atomic mass is 16.5. The smallest absolute Gasteiger partial charge is 0.0575 e. The minimum Gasteiger partial charge on any atom is -0.378 e. The number of hydrogen-bond donors (Lipinski definition) is 1. The van der Waals surface area contributed by atoms with Crippen molar-refractivity contribution in [1.29, 1.82) is 0 Å². The van der Waals surface area contributed by atoms with Crippen LogP contribution >= 0.6 is 0 Å². The molecular weight excluding hydrogens is 186 g/mol. The van der Waals surface area contributed by atoms with E-state index in [0.29, 0.717) is 12.1 Å². The van der Waals surface area contributed by atoms with E-state index in [1.807, 2.05) is 0 Å². The van der Waals surface area contributed by atoms with Gasteiger partial charge in [0.25, 0.3) is 0 Å². The fourth-order valence-electron chi connectivity index (χ4n) is 2.37. The first-order valence-corrected chi connectivity index (χ1v) is 6.71. The lowest BCUT2D eigenvalue weighted by molar-refractivity contribution is 0.0546. The van der Waals surface area contributed by atoms with Gasteiger partial charge < -0.3 is 10.1 Å². The number of rotatable bonds is 8. The van der Waals surface area contributed by atoms with Gasteiger partial charge in [0.1, 0.15) is 0 Å². The Kier molecular flexibility index (Phi) is 7.03. The Morgan fingerprint density at radius 1 is 1.27 bits per heavy atom. The molecule has 1 unspecified atom stereocenters. The van der Waals surface area contributed by atoms with Crippen LogP contribution in [0.25, 0.3) is 0 Å². The molecule has 1 saturated carbocycles. The third kappa shape index (κ3) is 5.53. The Labute approximate surface area is 94.8 Å². The maximum Gasteiger partial charge on any atom is 0.0575 e. The van der Waals surface area contributed by atoms with Crippen LogP contribution in [0.2, 0.25) is 0 Å². The summed E-state index contributed by atoms with van der Waals surface area (Å²) in [5.74, 6) is 0. The number of ether oxygens (including phenoxy) is 1. The van der Waals surface area contributed by atoms with Gasteiger partial charge in [-0.2, -0.15) is 0 Å². The van der Waals surface area contributed by atoms with Gasteiger partial charge in [0, 0.05) is 12.6 Å². The second kappa shape index (κ2) is 8.12. The summed E-state index contributed by atoms with van der Waals surface area (Å²) >= 11 is 0. The van der Waals surface area contributed by atoms with E-state index in [4.69, 9.17) is 4.74 Å². The summed E-state index contributed by atoms with van der Waals surface area (Å²) in [5, 5.41) is 3.51. The van der Waals surface area contributed by atoms with E-state index in [1.165, 1.54) is 44.9 Å². The predicted octanol–water partition coefficient (Wildman–Crippen LogP) is 3.11. The van der Waals surface area contributed by atoms with Crippen molar-refractivity contribution in [3.05, 3.63) is 0 Å². The van der Waals surface area contributed by atoms with Gasteiger partial charge in [0.05, 0.1) is 6.10 Å². The van der Waals surface area contributed by atoms with Crippen molar-refractivity contribution < 1.29 is 4.74 Å². The van der Waals surface area contributed by atoms with Crippen LogP contribution in [0.5, 0.6) is 0 Å². The Morgan fingerprint density at radius 2 is 2.00 bits per heavy atom. The molecule has 2 nitrogen and oxygen atoms in total. The standard InChI is InChI=1S/C13H27NO/c1-3-12(14-4-2)8-7-11-15-13-9-5-6-10-13/h12-14H,3-11H2,1-2H3. The van der Waals surface area contributed by atoms with Crippen LogP contribution in [0.3, 0.4) is 0 Å². The van der Waals surface area contributed by atoms with Crippen LogP contribution in [0.4, 0.5) is 0 Å². The zero-order valence-corrected chi connectivity index (χ0v) is 10.4. The molecule has 0 bridgehead atoms. The van der Waals surface area contributed by atoms with Gasteiger partial charge >= 0.3 is 0 Å². The van der Waals surface area contributed by atoms with E-state index in [-0.39, 0.29) is 0 Å². The third-order valence-electron chi connectivity index (χ3n) is 3.34. The van der Waals surface area contributed by atoms with E-state index < -0.39 is 0 Å². The van der Waals surface area contributed by atoms with Crippen LogP contribution in [0.15, 0.2) is 0 Å². The van der Waals surface area contributed by atoms with Crippen LogP contribution < -0.4 is 5.32 Å². The zero-order chi connectivity index (χ0) is 10.9. The predicted molar refractivity (Wildman–Crippen MR) is 65.2 cm³/mol. The Morgan fingerprint density at radius 3 is 2.60 bits per heavy atom. The molecule has 90 valence electrons. The summed E-state index contributed by atoms with van der Waals surface area (Å²) in [6.07, 6.45) is 9.63. The summed E-state index contributed by atoms with van der Waals surface area (Å²) in [5.41, 5.74) is 0. The lowest BCUT2D eigenvalue weighted by Crippen LogP contribution is -2.28. The van der Waals surface area contributed by atoms with Crippen LogP contribution in [0, 0.1) is 0 Å². The molecule has 1 aliphatic rings. The van der Waals surface area contributed by atoms with Crippen molar-refractivity contribution in [2.24, 2.45) is 0 Å². The summed E-state index contributed by atoms with van der Waals surface area (Å²) in [7, 11) is 0. The van der Waals surface area contributed by atoms with Gasteiger partial charge in [-0.15, -0.1) is 0 Å². The lowest BCUT2D eigenvalue weighted by atomic mass is 10.1. The molecule has 0 aromatic carbocycles. The van der Waals surface area contributed by atoms with Crippen molar-refractivity contribution in [3.8, 4) is 0 Å². The van der Waals surface area contributed by atoms with Crippen LogP contribution in [0.1, 0.15) is 58.8 Å². The van der Waals surface area contributed by atoms with E-state index in [0.717, 1.165) is 13.2 Å². The first kappa shape index (κ1) is 13.0. The van der Waals surface area contributed by atoms with E-state index in [2.05, 4.69) is 19.2 Å². The van der Waals surface area contributed by atoms with Crippen molar-refractivity contribution in [2.75, 3.05) is 13.2 Å². The number of hydrogen-bond acceptors (Lipinski definition) is 2. The molecule has 1 rings (SSSR count). The molecule has 1 N–H and O–H groups in total. The van der Waals surface area contributed by atoms with Crippen molar-refractivity contribution in [2.45, 2.75) is 70.9 Å². The number of nitrogens with one attached hydrogen (secondary N) is 1. The SMILES string of the molecule is CCNC(CC)CCCOC1CCCC1. The largest absolute Gasteiger partial charge is 0.378 e. The molecular formula is C13H27NO. The Balaban J connectivity index is 1.94. The monoisotopic (exact) mass is 213 g/mol. The molecule has 0 aromatic rings. The maximum absolute atomic E-state index is 5.85. The second-order valence-corrected chi connectivity index (χ2v) is 4.58.